The number of aromatic amines is 1. The molecule has 3 aromatic carbocycles. The number of aromatic nitrogens is 4. The van der Waals surface area contributed by atoms with Gasteiger partial charge in [0.15, 0.2) is 5.78 Å². The number of carbonyl (C=O) groups is 1. The molecule has 2 heterocycles. The highest BCUT2D eigenvalue weighted by Crippen LogP contribution is 2.33. The van der Waals surface area contributed by atoms with Gasteiger partial charge in [-0.2, -0.15) is 5.10 Å². The Kier molecular flexibility index (Phi) is 4.64. The van der Waals surface area contributed by atoms with E-state index in [2.05, 4.69) is 27.2 Å². The summed E-state index contributed by atoms with van der Waals surface area (Å²) in [5.74, 6) is 1.05. The molecule has 1 aliphatic carbocycles. The maximum atomic E-state index is 13.4. The largest absolute Gasteiger partial charge is 0.383 e. The van der Waals surface area contributed by atoms with Crippen LogP contribution < -0.4 is 5.73 Å². The molecule has 3 N–H and O–H groups in total. The van der Waals surface area contributed by atoms with E-state index in [4.69, 9.17) is 17.3 Å². The average molecular weight is 466 g/mol. The molecule has 0 fully saturated rings. The first-order valence-corrected chi connectivity index (χ1v) is 11.3. The third-order valence-corrected chi connectivity index (χ3v) is 6.45. The average Bonchev–Trinajstić information content (AvgIpc) is 3.53. The maximum Gasteiger partial charge on any atom is 0.194 e. The van der Waals surface area contributed by atoms with Gasteiger partial charge in [-0.15, -0.1) is 0 Å². The molecule has 1 aliphatic rings. The Morgan fingerprint density at radius 1 is 1.06 bits per heavy atom. The van der Waals surface area contributed by atoms with Crippen LogP contribution in [0, 0.1) is 6.92 Å². The molecular formula is C27H20ClN5O. The molecule has 166 valence electrons. The topological polar surface area (TPSA) is 89.6 Å². The van der Waals surface area contributed by atoms with E-state index in [1.54, 1.807) is 10.9 Å². The normalized spacial score (nSPS) is 12.7. The van der Waals surface area contributed by atoms with Crippen molar-refractivity contribution in [2.75, 3.05) is 5.73 Å². The van der Waals surface area contributed by atoms with Crippen molar-refractivity contribution in [1.29, 1.82) is 0 Å². The highest BCUT2D eigenvalue weighted by molar-refractivity contribution is 6.30. The van der Waals surface area contributed by atoms with Crippen LogP contribution >= 0.6 is 11.6 Å². The number of aryl methyl sites for hydroxylation is 1. The van der Waals surface area contributed by atoms with Crippen molar-refractivity contribution < 1.29 is 4.79 Å². The Morgan fingerprint density at radius 2 is 1.85 bits per heavy atom. The van der Waals surface area contributed by atoms with Gasteiger partial charge in [0, 0.05) is 17.0 Å². The van der Waals surface area contributed by atoms with E-state index in [-0.39, 0.29) is 5.78 Å². The van der Waals surface area contributed by atoms with E-state index in [1.165, 1.54) is 0 Å². The molecule has 6 rings (SSSR count). The fraction of sp³-hybridized carbons (Fsp3) is 0.0741. The molecule has 0 atom stereocenters. The van der Waals surface area contributed by atoms with Gasteiger partial charge in [0.1, 0.15) is 11.6 Å². The molecule has 0 aliphatic heterocycles. The Morgan fingerprint density at radius 3 is 2.68 bits per heavy atom. The van der Waals surface area contributed by atoms with Crippen molar-refractivity contribution in [3.8, 4) is 16.8 Å². The number of imidazole rings is 1. The second-order valence-electron chi connectivity index (χ2n) is 8.47. The summed E-state index contributed by atoms with van der Waals surface area (Å²) in [6.07, 6.45) is 4.04. The number of allylic oxidation sites excluding steroid dienone is 1. The first-order chi connectivity index (χ1) is 16.5. The Hall–Kier alpha value is -4.16. The van der Waals surface area contributed by atoms with E-state index >= 15 is 0 Å². The third kappa shape index (κ3) is 3.40. The standard InChI is InChI=1S/C27H20ClN5O/c1-15-31-24-9-8-22(13-25(24)32-15)33-27(29)23(14-30-33)26(34)20-11-18-3-2-17(10-19(18)12-20)16-4-6-21(28)7-5-16/h2-11,13-14H,12,29H2,1H3,(H,31,32). The molecule has 6 nitrogen and oxygen atoms in total. The molecule has 0 saturated carbocycles. The van der Waals surface area contributed by atoms with Crippen LogP contribution in [0.15, 0.2) is 72.4 Å². The number of anilines is 1. The lowest BCUT2D eigenvalue weighted by atomic mass is 9.99. The van der Waals surface area contributed by atoms with E-state index in [9.17, 15) is 4.79 Å². The number of hydrogen-bond donors (Lipinski definition) is 2. The number of ketones is 1. The fourth-order valence-electron chi connectivity index (χ4n) is 4.48. The lowest BCUT2D eigenvalue weighted by Gasteiger charge is -2.06. The number of rotatable bonds is 4. The molecule has 34 heavy (non-hydrogen) atoms. The quantitative estimate of drug-likeness (QED) is 0.329. The minimum absolute atomic E-state index is 0.105. The molecule has 5 aromatic rings. The highest BCUT2D eigenvalue weighted by atomic mass is 35.5. The van der Waals surface area contributed by atoms with Crippen LogP contribution in [0.2, 0.25) is 5.02 Å². The molecule has 7 heteroatoms. The van der Waals surface area contributed by atoms with Crippen LogP contribution in [0.25, 0.3) is 33.9 Å². The van der Waals surface area contributed by atoms with Gasteiger partial charge < -0.3 is 10.7 Å². The monoisotopic (exact) mass is 465 g/mol. The lowest BCUT2D eigenvalue weighted by Crippen LogP contribution is -2.08. The van der Waals surface area contributed by atoms with E-state index < -0.39 is 0 Å². The van der Waals surface area contributed by atoms with Crippen LogP contribution in [0.3, 0.4) is 0 Å². The van der Waals surface area contributed by atoms with Gasteiger partial charge in [-0.05, 0) is 65.6 Å². The van der Waals surface area contributed by atoms with Crippen molar-refractivity contribution in [1.82, 2.24) is 19.7 Å². The molecule has 0 radical (unpaired) electrons. The first kappa shape index (κ1) is 20.4. The molecule has 0 unspecified atom stereocenters. The van der Waals surface area contributed by atoms with Crippen molar-refractivity contribution in [3.05, 3.63) is 100.0 Å². The first-order valence-electron chi connectivity index (χ1n) is 10.9. The summed E-state index contributed by atoms with van der Waals surface area (Å²) in [4.78, 5) is 21.0. The molecule has 0 bridgehead atoms. The Bertz CT molecular complexity index is 1630. The molecule has 0 saturated heterocycles. The Balaban J connectivity index is 1.27. The van der Waals surface area contributed by atoms with E-state index in [0.29, 0.717) is 28.4 Å². The Labute approximate surface area is 200 Å². The summed E-state index contributed by atoms with van der Waals surface area (Å²) < 4.78 is 1.59. The van der Waals surface area contributed by atoms with Gasteiger partial charge in [-0.3, -0.25) is 4.79 Å². The summed E-state index contributed by atoms with van der Waals surface area (Å²) >= 11 is 6.02. The zero-order valence-electron chi connectivity index (χ0n) is 18.3. The lowest BCUT2D eigenvalue weighted by molar-refractivity contribution is 0.103. The fourth-order valence-corrected chi connectivity index (χ4v) is 4.61. The summed E-state index contributed by atoms with van der Waals surface area (Å²) in [6.45, 7) is 1.91. The molecule has 2 aromatic heterocycles. The summed E-state index contributed by atoms with van der Waals surface area (Å²) in [5.41, 5.74) is 14.4. The third-order valence-electron chi connectivity index (χ3n) is 6.20. The van der Waals surface area contributed by atoms with Crippen LogP contribution in [0.4, 0.5) is 5.82 Å². The molecular weight excluding hydrogens is 446 g/mol. The SMILES string of the molecule is Cc1nc2ccc(-n3ncc(C(=O)C4=Cc5ccc(-c6ccc(Cl)cc6)cc5C4)c3N)cc2[nH]1. The maximum absolute atomic E-state index is 13.4. The minimum Gasteiger partial charge on any atom is -0.383 e. The van der Waals surface area contributed by atoms with Gasteiger partial charge in [-0.1, -0.05) is 41.9 Å². The van der Waals surface area contributed by atoms with Crippen LogP contribution in [-0.2, 0) is 6.42 Å². The van der Waals surface area contributed by atoms with E-state index in [0.717, 1.165) is 44.8 Å². The number of nitrogen functional groups attached to an aromatic ring is 1. The molecule has 0 spiro atoms. The smallest absolute Gasteiger partial charge is 0.194 e. The number of nitrogens with zero attached hydrogens (tertiary/aromatic N) is 3. The summed E-state index contributed by atoms with van der Waals surface area (Å²) in [5, 5.41) is 5.11. The second-order valence-corrected chi connectivity index (χ2v) is 8.91. The number of H-pyrrole nitrogens is 1. The van der Waals surface area contributed by atoms with Gasteiger partial charge in [0.05, 0.1) is 28.5 Å². The number of carbonyl (C=O) groups excluding carboxylic acids is 1. The predicted octanol–water partition coefficient (Wildman–Crippen LogP) is 5.78. The second kappa shape index (κ2) is 7.71. The number of halogens is 1. The number of fused-ring (bicyclic) bond motifs is 2. The zero-order valence-corrected chi connectivity index (χ0v) is 19.1. The van der Waals surface area contributed by atoms with Crippen LogP contribution in [-0.4, -0.2) is 25.5 Å². The summed E-state index contributed by atoms with van der Waals surface area (Å²) in [6, 6.07) is 19.7. The zero-order chi connectivity index (χ0) is 23.4. The summed E-state index contributed by atoms with van der Waals surface area (Å²) in [7, 11) is 0. The van der Waals surface area contributed by atoms with Crippen molar-refractivity contribution >= 4 is 40.3 Å². The van der Waals surface area contributed by atoms with Crippen molar-refractivity contribution in [3.63, 3.8) is 0 Å². The van der Waals surface area contributed by atoms with Crippen LogP contribution in [0.1, 0.15) is 27.3 Å². The van der Waals surface area contributed by atoms with E-state index in [1.807, 2.05) is 61.5 Å². The number of Topliss-reactive ketones (excluding diaryl/α,β-unsaturated/α-hetero) is 1. The van der Waals surface area contributed by atoms with Gasteiger partial charge in [0.2, 0.25) is 0 Å². The number of nitrogens with one attached hydrogen (secondary N) is 1. The van der Waals surface area contributed by atoms with Crippen molar-refractivity contribution in [2.24, 2.45) is 0 Å². The number of nitrogens with two attached hydrogens (primary N) is 1. The number of hydrogen-bond acceptors (Lipinski definition) is 4. The predicted molar refractivity (Wildman–Crippen MR) is 135 cm³/mol. The van der Waals surface area contributed by atoms with Crippen LogP contribution in [0.5, 0.6) is 0 Å². The minimum atomic E-state index is -0.105. The van der Waals surface area contributed by atoms with Gasteiger partial charge in [-0.25, -0.2) is 9.67 Å². The highest BCUT2D eigenvalue weighted by Gasteiger charge is 2.24. The molecule has 0 amide bonds. The van der Waals surface area contributed by atoms with Gasteiger partial charge in [0.25, 0.3) is 0 Å². The van der Waals surface area contributed by atoms with Gasteiger partial charge >= 0.3 is 0 Å². The number of benzene rings is 3. The van der Waals surface area contributed by atoms with Crippen molar-refractivity contribution in [2.45, 2.75) is 13.3 Å².